The zero-order chi connectivity index (χ0) is 17.4. The molecule has 0 atom stereocenters. The first-order valence-corrected chi connectivity index (χ1v) is 7.74. The fourth-order valence-electron chi connectivity index (χ4n) is 2.07. The van der Waals surface area contributed by atoms with Gasteiger partial charge in [-0.2, -0.15) is 0 Å². The lowest BCUT2D eigenvalue weighted by atomic mass is 10.1. The first kappa shape index (κ1) is 17.5. The Labute approximate surface area is 141 Å². The number of nitrogens with one attached hydrogen (secondary N) is 1. The summed E-state index contributed by atoms with van der Waals surface area (Å²) in [5.41, 5.74) is -0.713. The van der Waals surface area contributed by atoms with Crippen LogP contribution in [0, 0.1) is 15.9 Å². The van der Waals surface area contributed by atoms with Crippen molar-refractivity contribution in [2.45, 2.75) is 32.4 Å². The molecule has 0 aliphatic carbocycles. The molecule has 7 nitrogen and oxygen atoms in total. The second-order valence-electron chi connectivity index (χ2n) is 6.27. The number of hydrogen-bond acceptors (Lipinski definition) is 5. The lowest BCUT2D eigenvalue weighted by Crippen LogP contribution is -2.57. The Morgan fingerprint density at radius 1 is 1.48 bits per heavy atom. The van der Waals surface area contributed by atoms with E-state index >= 15 is 0 Å². The van der Waals surface area contributed by atoms with Crippen molar-refractivity contribution < 1.29 is 18.8 Å². The summed E-state index contributed by atoms with van der Waals surface area (Å²) >= 11 is 3.01. The van der Waals surface area contributed by atoms with Gasteiger partial charge in [0, 0.05) is 13.1 Å². The first-order chi connectivity index (χ1) is 10.6. The van der Waals surface area contributed by atoms with E-state index in [9.17, 15) is 19.3 Å². The second-order valence-corrected chi connectivity index (χ2v) is 7.12. The Hall–Kier alpha value is -1.90. The molecular formula is C14H17BrFN3O4. The lowest BCUT2D eigenvalue weighted by Gasteiger charge is -2.40. The number of anilines is 1. The Balaban J connectivity index is 1.99. The molecule has 0 saturated carbocycles. The quantitative estimate of drug-likeness (QED) is 0.631. The van der Waals surface area contributed by atoms with Gasteiger partial charge in [-0.25, -0.2) is 9.18 Å². The van der Waals surface area contributed by atoms with Gasteiger partial charge in [0.15, 0.2) is 0 Å². The topological polar surface area (TPSA) is 84.7 Å². The van der Waals surface area contributed by atoms with Crippen molar-refractivity contribution in [3.05, 3.63) is 32.5 Å². The summed E-state index contributed by atoms with van der Waals surface area (Å²) in [7, 11) is 0. The Morgan fingerprint density at radius 3 is 2.61 bits per heavy atom. The molecule has 1 fully saturated rings. The van der Waals surface area contributed by atoms with Crippen LogP contribution in [0.5, 0.6) is 0 Å². The smallest absolute Gasteiger partial charge is 0.410 e. The summed E-state index contributed by atoms with van der Waals surface area (Å²) in [6.45, 7) is 6.06. The van der Waals surface area contributed by atoms with Crippen molar-refractivity contribution in [3.8, 4) is 0 Å². The molecule has 1 heterocycles. The summed E-state index contributed by atoms with van der Waals surface area (Å²) < 4.78 is 18.8. The molecule has 1 aromatic carbocycles. The summed E-state index contributed by atoms with van der Waals surface area (Å²) in [6, 6.07) is 2.03. The molecule has 1 aliphatic heterocycles. The normalized spacial score (nSPS) is 15.1. The molecule has 1 saturated heterocycles. The molecule has 126 valence electrons. The van der Waals surface area contributed by atoms with Gasteiger partial charge in [0.2, 0.25) is 0 Å². The number of likely N-dealkylation sites (tertiary alicyclic amines) is 1. The zero-order valence-electron chi connectivity index (χ0n) is 12.9. The summed E-state index contributed by atoms with van der Waals surface area (Å²) in [6.07, 6.45) is -0.426. The third-order valence-electron chi connectivity index (χ3n) is 3.13. The van der Waals surface area contributed by atoms with Gasteiger partial charge in [-0.05, 0) is 42.8 Å². The number of halogens is 2. The second kappa shape index (κ2) is 6.31. The molecule has 1 N–H and O–H groups in total. The van der Waals surface area contributed by atoms with Gasteiger partial charge in [0.1, 0.15) is 17.1 Å². The SMILES string of the molecule is CC(C)(C)OC(=O)N1CC(Nc2cc(Br)c(F)cc2[N+](=O)[O-])C1. The van der Waals surface area contributed by atoms with E-state index in [0.717, 1.165) is 6.07 Å². The number of carbonyl (C=O) groups is 1. The van der Waals surface area contributed by atoms with E-state index in [1.165, 1.54) is 11.0 Å². The monoisotopic (exact) mass is 389 g/mol. The van der Waals surface area contributed by atoms with E-state index in [-0.39, 0.29) is 21.9 Å². The average Bonchev–Trinajstić information content (AvgIpc) is 2.34. The number of rotatable bonds is 3. The fraction of sp³-hybridized carbons (Fsp3) is 0.500. The van der Waals surface area contributed by atoms with Gasteiger partial charge < -0.3 is 15.0 Å². The third-order valence-corrected chi connectivity index (χ3v) is 3.74. The van der Waals surface area contributed by atoms with Crippen molar-refractivity contribution >= 4 is 33.4 Å². The Morgan fingerprint density at radius 2 is 2.09 bits per heavy atom. The predicted octanol–water partition coefficient (Wildman–Crippen LogP) is 3.53. The maximum Gasteiger partial charge on any atom is 0.410 e. The van der Waals surface area contributed by atoms with Gasteiger partial charge in [-0.1, -0.05) is 0 Å². The van der Waals surface area contributed by atoms with E-state index in [1.54, 1.807) is 20.8 Å². The van der Waals surface area contributed by atoms with Crippen molar-refractivity contribution in [3.63, 3.8) is 0 Å². The van der Waals surface area contributed by atoms with E-state index in [4.69, 9.17) is 4.74 Å². The van der Waals surface area contributed by atoms with Crippen molar-refractivity contribution in [1.82, 2.24) is 4.90 Å². The molecule has 1 amide bonds. The molecule has 0 spiro atoms. The number of hydrogen-bond donors (Lipinski definition) is 1. The maximum absolute atomic E-state index is 13.4. The van der Waals surface area contributed by atoms with E-state index in [2.05, 4.69) is 21.2 Å². The third kappa shape index (κ3) is 4.31. The highest BCUT2D eigenvalue weighted by Gasteiger charge is 2.34. The minimum atomic E-state index is -0.703. The molecule has 2 rings (SSSR count). The maximum atomic E-state index is 13.4. The van der Waals surface area contributed by atoms with Crippen LogP contribution >= 0.6 is 15.9 Å². The standard InChI is InChI=1S/C14H17BrFN3O4/c1-14(2,3)23-13(20)18-6-8(7-18)17-11-4-9(15)10(16)5-12(11)19(21)22/h4-5,8,17H,6-7H2,1-3H3. The molecule has 1 aromatic rings. The Kier molecular flexibility index (Phi) is 4.79. The molecular weight excluding hydrogens is 373 g/mol. The van der Waals surface area contributed by atoms with Gasteiger partial charge in [0.25, 0.3) is 5.69 Å². The molecule has 0 unspecified atom stereocenters. The number of nitro groups is 1. The molecule has 0 bridgehead atoms. The summed E-state index contributed by atoms with van der Waals surface area (Å²) in [5, 5.41) is 14.0. The van der Waals surface area contributed by atoms with Gasteiger partial charge in [-0.15, -0.1) is 0 Å². The van der Waals surface area contributed by atoms with Gasteiger partial charge in [0.05, 0.1) is 21.5 Å². The predicted molar refractivity (Wildman–Crippen MR) is 86.0 cm³/mol. The van der Waals surface area contributed by atoms with Gasteiger partial charge >= 0.3 is 6.09 Å². The van der Waals surface area contributed by atoms with Gasteiger partial charge in [-0.3, -0.25) is 10.1 Å². The number of nitro benzene ring substituents is 1. The molecule has 9 heteroatoms. The van der Waals surface area contributed by atoms with Crippen molar-refractivity contribution in [2.24, 2.45) is 0 Å². The highest BCUT2D eigenvalue weighted by molar-refractivity contribution is 9.10. The Bertz CT molecular complexity index is 642. The van der Waals surface area contributed by atoms with Crippen LogP contribution in [0.15, 0.2) is 16.6 Å². The zero-order valence-corrected chi connectivity index (χ0v) is 14.5. The fourth-order valence-corrected chi connectivity index (χ4v) is 2.41. The number of nitrogens with zero attached hydrogens (tertiary/aromatic N) is 2. The van der Waals surface area contributed by atoms with Crippen molar-refractivity contribution in [1.29, 1.82) is 0 Å². The number of amides is 1. The van der Waals surface area contributed by atoms with Crippen LogP contribution in [0.3, 0.4) is 0 Å². The molecule has 0 radical (unpaired) electrons. The minimum Gasteiger partial charge on any atom is -0.444 e. The van der Waals surface area contributed by atoms with E-state index < -0.39 is 22.4 Å². The first-order valence-electron chi connectivity index (χ1n) is 6.95. The largest absolute Gasteiger partial charge is 0.444 e. The number of carbonyl (C=O) groups excluding carboxylic acids is 1. The van der Waals surface area contributed by atoms with Crippen LogP contribution in [0.2, 0.25) is 0 Å². The number of ether oxygens (including phenoxy) is 1. The van der Waals surface area contributed by atoms with E-state index in [1.807, 2.05) is 0 Å². The number of benzene rings is 1. The summed E-state index contributed by atoms with van der Waals surface area (Å²) in [5.74, 6) is -0.703. The van der Waals surface area contributed by atoms with Crippen molar-refractivity contribution in [2.75, 3.05) is 18.4 Å². The average molecular weight is 390 g/mol. The lowest BCUT2D eigenvalue weighted by molar-refractivity contribution is -0.384. The van der Waals surface area contributed by atoms with Crippen LogP contribution < -0.4 is 5.32 Å². The molecule has 0 aromatic heterocycles. The van der Waals surface area contributed by atoms with Crippen LogP contribution in [0.4, 0.5) is 20.6 Å². The van der Waals surface area contributed by atoms with Crippen LogP contribution in [0.1, 0.15) is 20.8 Å². The van der Waals surface area contributed by atoms with Crippen LogP contribution in [-0.4, -0.2) is 40.6 Å². The highest BCUT2D eigenvalue weighted by atomic mass is 79.9. The van der Waals surface area contributed by atoms with Crippen LogP contribution in [0.25, 0.3) is 0 Å². The summed E-state index contributed by atoms with van der Waals surface area (Å²) in [4.78, 5) is 23.7. The van der Waals surface area contributed by atoms with Crippen LogP contribution in [-0.2, 0) is 4.74 Å². The highest BCUT2D eigenvalue weighted by Crippen LogP contribution is 2.32. The molecule has 1 aliphatic rings. The minimum absolute atomic E-state index is 0.133. The van der Waals surface area contributed by atoms with E-state index in [0.29, 0.717) is 13.1 Å². The molecule has 23 heavy (non-hydrogen) atoms.